The van der Waals surface area contributed by atoms with Crippen LogP contribution in [0.5, 0.6) is 0 Å². The molecule has 1 saturated heterocycles. The average molecular weight is 215 g/mol. The van der Waals surface area contributed by atoms with Crippen LogP contribution in [0.25, 0.3) is 11.0 Å². The molecule has 3 rings (SSSR count). The summed E-state index contributed by atoms with van der Waals surface area (Å²) in [5.74, 6) is 0.875. The maximum Gasteiger partial charge on any atom is 0.137 e. The van der Waals surface area contributed by atoms with Gasteiger partial charge < -0.3 is 9.88 Å². The number of aromatic amines is 1. The zero-order valence-electron chi connectivity index (χ0n) is 9.61. The Morgan fingerprint density at radius 3 is 3.00 bits per heavy atom. The molecule has 0 aliphatic carbocycles. The van der Waals surface area contributed by atoms with Gasteiger partial charge in [0.15, 0.2) is 0 Å². The Morgan fingerprint density at radius 1 is 1.38 bits per heavy atom. The zero-order valence-corrected chi connectivity index (χ0v) is 9.61. The smallest absolute Gasteiger partial charge is 0.137 e. The number of aromatic nitrogens is 2. The lowest BCUT2D eigenvalue weighted by atomic mass is 9.99. The Morgan fingerprint density at radius 2 is 2.19 bits per heavy atom. The number of fused-ring (bicyclic) bond motifs is 1. The molecule has 1 N–H and O–H groups in total. The molecular weight excluding hydrogens is 198 g/mol. The number of pyridine rings is 1. The molecule has 2 aromatic rings. The second-order valence-corrected chi connectivity index (χ2v) is 4.78. The average Bonchev–Trinajstić information content (AvgIpc) is 2.77. The molecule has 3 heteroatoms. The molecule has 2 aromatic heterocycles. The van der Waals surface area contributed by atoms with Gasteiger partial charge in [-0.25, -0.2) is 4.98 Å². The van der Waals surface area contributed by atoms with Gasteiger partial charge in [-0.1, -0.05) is 6.92 Å². The third kappa shape index (κ3) is 1.66. The summed E-state index contributed by atoms with van der Waals surface area (Å²) in [5, 5.41) is 1.20. The van der Waals surface area contributed by atoms with E-state index >= 15 is 0 Å². The summed E-state index contributed by atoms with van der Waals surface area (Å²) in [6.45, 7) is 4.67. The van der Waals surface area contributed by atoms with Crippen molar-refractivity contribution in [1.82, 2.24) is 9.97 Å². The first kappa shape index (κ1) is 9.70. The minimum absolute atomic E-state index is 0.875. The van der Waals surface area contributed by atoms with E-state index in [1.807, 2.05) is 12.4 Å². The van der Waals surface area contributed by atoms with E-state index < -0.39 is 0 Å². The van der Waals surface area contributed by atoms with E-state index in [1.165, 1.54) is 37.0 Å². The topological polar surface area (TPSA) is 31.9 Å². The number of rotatable bonds is 1. The van der Waals surface area contributed by atoms with E-state index in [-0.39, 0.29) is 0 Å². The summed E-state index contributed by atoms with van der Waals surface area (Å²) < 4.78 is 0. The van der Waals surface area contributed by atoms with Gasteiger partial charge in [-0.2, -0.15) is 0 Å². The summed E-state index contributed by atoms with van der Waals surface area (Å²) in [7, 11) is 0. The van der Waals surface area contributed by atoms with Crippen molar-refractivity contribution in [2.24, 2.45) is 5.92 Å². The summed E-state index contributed by atoms with van der Waals surface area (Å²) >= 11 is 0. The lowest BCUT2D eigenvalue weighted by Crippen LogP contribution is -2.32. The SMILES string of the molecule is CC1CCN(c2cnc3[nH]ccc3c2)CC1. The number of anilines is 1. The van der Waals surface area contributed by atoms with Gasteiger partial charge in [-0.15, -0.1) is 0 Å². The molecule has 0 aromatic carbocycles. The van der Waals surface area contributed by atoms with E-state index in [2.05, 4.69) is 33.9 Å². The van der Waals surface area contributed by atoms with Gasteiger partial charge in [0.05, 0.1) is 11.9 Å². The molecule has 0 saturated carbocycles. The molecule has 3 heterocycles. The number of nitrogens with zero attached hydrogens (tertiary/aromatic N) is 2. The lowest BCUT2D eigenvalue weighted by Gasteiger charge is -2.31. The van der Waals surface area contributed by atoms with Crippen LogP contribution in [0.1, 0.15) is 19.8 Å². The van der Waals surface area contributed by atoms with Crippen molar-refractivity contribution >= 4 is 16.7 Å². The van der Waals surface area contributed by atoms with Crippen molar-refractivity contribution in [3.05, 3.63) is 24.5 Å². The van der Waals surface area contributed by atoms with Crippen LogP contribution in [0.4, 0.5) is 5.69 Å². The Balaban J connectivity index is 1.87. The first-order valence-corrected chi connectivity index (χ1v) is 6.01. The van der Waals surface area contributed by atoms with Crippen LogP contribution in [-0.2, 0) is 0 Å². The summed E-state index contributed by atoms with van der Waals surface area (Å²) in [6.07, 6.45) is 6.52. The number of hydrogen-bond acceptors (Lipinski definition) is 2. The molecule has 1 fully saturated rings. The van der Waals surface area contributed by atoms with E-state index in [9.17, 15) is 0 Å². The second kappa shape index (κ2) is 3.81. The van der Waals surface area contributed by atoms with E-state index in [0.717, 1.165) is 11.6 Å². The number of nitrogens with one attached hydrogen (secondary N) is 1. The van der Waals surface area contributed by atoms with Crippen LogP contribution in [0.3, 0.4) is 0 Å². The van der Waals surface area contributed by atoms with Crippen LogP contribution in [0.15, 0.2) is 24.5 Å². The van der Waals surface area contributed by atoms with Crippen LogP contribution in [0.2, 0.25) is 0 Å². The third-order valence-corrected chi connectivity index (χ3v) is 3.53. The molecule has 0 radical (unpaired) electrons. The maximum atomic E-state index is 4.44. The fourth-order valence-electron chi connectivity index (χ4n) is 2.37. The molecule has 84 valence electrons. The van der Waals surface area contributed by atoms with Crippen LogP contribution in [0, 0.1) is 5.92 Å². The Hall–Kier alpha value is -1.51. The van der Waals surface area contributed by atoms with Gasteiger partial charge in [0, 0.05) is 24.7 Å². The predicted molar refractivity (Wildman–Crippen MR) is 66.7 cm³/mol. The van der Waals surface area contributed by atoms with Crippen molar-refractivity contribution in [1.29, 1.82) is 0 Å². The van der Waals surface area contributed by atoms with E-state index in [4.69, 9.17) is 0 Å². The van der Waals surface area contributed by atoms with Crippen molar-refractivity contribution in [3.8, 4) is 0 Å². The highest BCUT2D eigenvalue weighted by molar-refractivity contribution is 5.79. The molecule has 1 aliphatic rings. The molecule has 0 bridgehead atoms. The van der Waals surface area contributed by atoms with Crippen LogP contribution >= 0.6 is 0 Å². The molecule has 0 amide bonds. The van der Waals surface area contributed by atoms with Gasteiger partial charge in [0.25, 0.3) is 0 Å². The van der Waals surface area contributed by atoms with Gasteiger partial charge in [0.2, 0.25) is 0 Å². The highest BCUT2D eigenvalue weighted by Gasteiger charge is 2.16. The van der Waals surface area contributed by atoms with Gasteiger partial charge in [0.1, 0.15) is 5.65 Å². The minimum atomic E-state index is 0.875. The highest BCUT2D eigenvalue weighted by Crippen LogP contribution is 2.24. The molecule has 0 unspecified atom stereocenters. The van der Waals surface area contributed by atoms with Crippen molar-refractivity contribution < 1.29 is 0 Å². The van der Waals surface area contributed by atoms with Crippen molar-refractivity contribution in [3.63, 3.8) is 0 Å². The van der Waals surface area contributed by atoms with Gasteiger partial charge in [-0.05, 0) is 30.9 Å². The monoisotopic (exact) mass is 215 g/mol. The number of piperidine rings is 1. The fraction of sp³-hybridized carbons (Fsp3) is 0.462. The molecule has 16 heavy (non-hydrogen) atoms. The third-order valence-electron chi connectivity index (χ3n) is 3.53. The fourth-order valence-corrected chi connectivity index (χ4v) is 2.37. The second-order valence-electron chi connectivity index (χ2n) is 4.78. The standard InChI is InChI=1S/C13H17N3/c1-10-3-6-16(7-4-10)12-8-11-2-5-14-13(11)15-9-12/h2,5,8-10H,3-4,6-7H2,1H3,(H,14,15). The number of hydrogen-bond donors (Lipinski definition) is 1. The largest absolute Gasteiger partial charge is 0.370 e. The molecule has 0 spiro atoms. The quantitative estimate of drug-likeness (QED) is 0.793. The summed E-state index contributed by atoms with van der Waals surface area (Å²) in [6, 6.07) is 4.31. The van der Waals surface area contributed by atoms with Crippen molar-refractivity contribution in [2.75, 3.05) is 18.0 Å². The normalized spacial score (nSPS) is 18.2. The molecule has 0 atom stereocenters. The highest BCUT2D eigenvalue weighted by atomic mass is 15.1. The predicted octanol–water partition coefficient (Wildman–Crippen LogP) is 2.80. The Bertz CT molecular complexity index is 481. The zero-order chi connectivity index (χ0) is 11.0. The van der Waals surface area contributed by atoms with Crippen LogP contribution < -0.4 is 4.90 Å². The van der Waals surface area contributed by atoms with E-state index in [0.29, 0.717) is 0 Å². The first-order chi connectivity index (χ1) is 7.83. The van der Waals surface area contributed by atoms with Gasteiger partial charge in [-0.3, -0.25) is 0 Å². The van der Waals surface area contributed by atoms with Crippen molar-refractivity contribution in [2.45, 2.75) is 19.8 Å². The van der Waals surface area contributed by atoms with Gasteiger partial charge >= 0.3 is 0 Å². The molecular formula is C13H17N3. The number of H-pyrrole nitrogens is 1. The first-order valence-electron chi connectivity index (χ1n) is 6.01. The van der Waals surface area contributed by atoms with E-state index in [1.54, 1.807) is 0 Å². The molecule has 3 nitrogen and oxygen atoms in total. The molecule has 1 aliphatic heterocycles. The Labute approximate surface area is 95.5 Å². The summed E-state index contributed by atoms with van der Waals surface area (Å²) in [5.41, 5.74) is 2.24. The Kier molecular flexibility index (Phi) is 2.31. The maximum absolute atomic E-state index is 4.44. The minimum Gasteiger partial charge on any atom is -0.370 e. The summed E-state index contributed by atoms with van der Waals surface area (Å²) in [4.78, 5) is 10.0. The lowest BCUT2D eigenvalue weighted by molar-refractivity contribution is 0.438. The van der Waals surface area contributed by atoms with Crippen LogP contribution in [-0.4, -0.2) is 23.1 Å².